The van der Waals surface area contributed by atoms with Crippen molar-refractivity contribution in [1.29, 1.82) is 0 Å². The van der Waals surface area contributed by atoms with Crippen LogP contribution in [-0.2, 0) is 11.0 Å². The van der Waals surface area contributed by atoms with Gasteiger partial charge in [0.15, 0.2) is 0 Å². The number of carbonyl (C=O) groups is 1. The number of benzene rings is 1. The molecule has 0 bridgehead atoms. The molecule has 0 aliphatic rings. The van der Waals surface area contributed by atoms with Crippen molar-refractivity contribution in [3.63, 3.8) is 0 Å². The highest BCUT2D eigenvalue weighted by molar-refractivity contribution is 6.33. The molecule has 106 valence electrons. The van der Waals surface area contributed by atoms with Gasteiger partial charge in [-0.2, -0.15) is 13.2 Å². The fraction of sp³-hybridized carbons (Fsp3) is 0.417. The lowest BCUT2D eigenvalue weighted by Crippen LogP contribution is -2.44. The van der Waals surface area contributed by atoms with Gasteiger partial charge in [0, 0.05) is 0 Å². The van der Waals surface area contributed by atoms with E-state index in [0.29, 0.717) is 0 Å². The van der Waals surface area contributed by atoms with E-state index in [0.717, 1.165) is 18.2 Å². The first kappa shape index (κ1) is 15.6. The van der Waals surface area contributed by atoms with Gasteiger partial charge in [-0.1, -0.05) is 25.4 Å². The van der Waals surface area contributed by atoms with Gasteiger partial charge in [-0.05, 0) is 24.1 Å². The number of hydrogen-bond donors (Lipinski definition) is 1. The van der Waals surface area contributed by atoms with Crippen molar-refractivity contribution in [3.05, 3.63) is 28.8 Å². The van der Waals surface area contributed by atoms with Gasteiger partial charge in [-0.3, -0.25) is 0 Å². The molecule has 0 unspecified atom stereocenters. The number of halogens is 4. The average Bonchev–Trinajstić information content (AvgIpc) is 2.24. The van der Waals surface area contributed by atoms with E-state index in [2.05, 4.69) is 5.32 Å². The maximum atomic E-state index is 12.4. The van der Waals surface area contributed by atoms with Crippen LogP contribution in [0.25, 0.3) is 0 Å². The Morgan fingerprint density at radius 2 is 1.95 bits per heavy atom. The van der Waals surface area contributed by atoms with Gasteiger partial charge < -0.3 is 15.2 Å². The highest BCUT2D eigenvalue weighted by atomic mass is 35.5. The lowest BCUT2D eigenvalue weighted by molar-refractivity contribution is -0.307. The minimum absolute atomic E-state index is 0.123. The summed E-state index contributed by atoms with van der Waals surface area (Å²) in [6, 6.07) is 1.65. The first-order chi connectivity index (χ1) is 8.62. The summed E-state index contributed by atoms with van der Waals surface area (Å²) in [5.74, 6) is -1.64. The minimum Gasteiger partial charge on any atom is -0.548 e. The third kappa shape index (κ3) is 4.02. The van der Waals surface area contributed by atoms with Crippen molar-refractivity contribution in [1.82, 2.24) is 0 Å². The number of hydrogen-bond acceptors (Lipinski definition) is 3. The van der Waals surface area contributed by atoms with Crippen LogP contribution >= 0.6 is 11.6 Å². The number of carbonyl (C=O) groups excluding carboxylic acids is 1. The molecular weight excluding hydrogens is 283 g/mol. The molecule has 0 heterocycles. The Balaban J connectivity index is 3.00. The van der Waals surface area contributed by atoms with Crippen molar-refractivity contribution in [3.8, 4) is 0 Å². The largest absolute Gasteiger partial charge is 0.548 e. The highest BCUT2D eigenvalue weighted by Gasteiger charge is 2.31. The van der Waals surface area contributed by atoms with Gasteiger partial charge >= 0.3 is 6.18 Å². The maximum absolute atomic E-state index is 12.4. The SMILES string of the molecule is CC(C)[C@H](Nc1ccc(C(F)(F)F)cc1Cl)C(=O)[O-]. The van der Waals surface area contributed by atoms with Crippen LogP contribution in [0.15, 0.2) is 18.2 Å². The standard InChI is InChI=1S/C12H13ClF3NO2/c1-6(2)10(11(18)19)17-9-4-3-7(5-8(9)13)12(14,15)16/h3-6,10,17H,1-2H3,(H,18,19)/p-1/t10-/m0/s1. The third-order valence-electron chi connectivity index (χ3n) is 2.53. The Labute approximate surface area is 113 Å². The van der Waals surface area contributed by atoms with Crippen LogP contribution in [0.2, 0.25) is 5.02 Å². The van der Waals surface area contributed by atoms with Crippen molar-refractivity contribution in [2.75, 3.05) is 5.32 Å². The molecular formula is C12H12ClF3NO2-. The Hall–Kier alpha value is -1.43. The third-order valence-corrected chi connectivity index (χ3v) is 2.84. The minimum atomic E-state index is -4.49. The number of anilines is 1. The zero-order valence-corrected chi connectivity index (χ0v) is 11.0. The van der Waals surface area contributed by atoms with Crippen LogP contribution in [-0.4, -0.2) is 12.0 Å². The first-order valence-corrected chi connectivity index (χ1v) is 5.85. The van der Waals surface area contributed by atoms with Crippen LogP contribution in [0.3, 0.4) is 0 Å². The predicted molar refractivity (Wildman–Crippen MR) is 63.7 cm³/mol. The summed E-state index contributed by atoms with van der Waals surface area (Å²) < 4.78 is 37.3. The van der Waals surface area contributed by atoms with Gasteiger partial charge in [-0.25, -0.2) is 0 Å². The molecule has 0 fully saturated rings. The van der Waals surface area contributed by atoms with Crippen LogP contribution in [0.1, 0.15) is 19.4 Å². The summed E-state index contributed by atoms with van der Waals surface area (Å²) in [6.07, 6.45) is -4.49. The van der Waals surface area contributed by atoms with Gasteiger partial charge in [0.05, 0.1) is 28.3 Å². The van der Waals surface area contributed by atoms with Crippen LogP contribution in [0.5, 0.6) is 0 Å². The predicted octanol–water partition coefficient (Wildman–Crippen LogP) is 2.55. The van der Waals surface area contributed by atoms with Crippen LogP contribution in [0.4, 0.5) is 18.9 Å². The number of carboxylic acid groups (broad SMARTS) is 1. The molecule has 0 radical (unpaired) electrons. The summed E-state index contributed by atoms with van der Waals surface area (Å²) in [5.41, 5.74) is -0.768. The summed E-state index contributed by atoms with van der Waals surface area (Å²) >= 11 is 5.71. The number of carboxylic acids is 1. The van der Waals surface area contributed by atoms with Crippen molar-refractivity contribution < 1.29 is 23.1 Å². The Kier molecular flexibility index (Phi) is 4.68. The summed E-state index contributed by atoms with van der Waals surface area (Å²) in [7, 11) is 0. The number of aliphatic carboxylic acids is 1. The number of nitrogens with one attached hydrogen (secondary N) is 1. The molecule has 0 aliphatic carbocycles. The molecule has 3 nitrogen and oxygen atoms in total. The molecule has 1 rings (SSSR count). The molecule has 19 heavy (non-hydrogen) atoms. The molecule has 0 saturated carbocycles. The average molecular weight is 295 g/mol. The zero-order valence-electron chi connectivity index (χ0n) is 10.2. The molecule has 7 heteroatoms. The van der Waals surface area contributed by atoms with E-state index < -0.39 is 23.8 Å². The maximum Gasteiger partial charge on any atom is 0.416 e. The Bertz CT molecular complexity index is 475. The first-order valence-electron chi connectivity index (χ1n) is 5.47. The Morgan fingerprint density at radius 3 is 2.32 bits per heavy atom. The summed E-state index contributed by atoms with van der Waals surface area (Å²) in [4.78, 5) is 10.9. The van der Waals surface area contributed by atoms with Crippen LogP contribution in [0, 0.1) is 5.92 Å². The van der Waals surface area contributed by atoms with Crippen molar-refractivity contribution in [2.24, 2.45) is 5.92 Å². The molecule has 0 amide bonds. The van der Waals surface area contributed by atoms with E-state index in [-0.39, 0.29) is 16.6 Å². The molecule has 0 saturated heterocycles. The summed E-state index contributed by atoms with van der Waals surface area (Å²) in [5, 5.41) is 13.3. The molecule has 1 aromatic carbocycles. The quantitative estimate of drug-likeness (QED) is 0.928. The molecule has 1 aromatic rings. The zero-order chi connectivity index (χ0) is 14.8. The highest BCUT2D eigenvalue weighted by Crippen LogP contribution is 2.34. The van der Waals surface area contributed by atoms with Crippen molar-refractivity contribution >= 4 is 23.3 Å². The Morgan fingerprint density at radius 1 is 1.37 bits per heavy atom. The van der Waals surface area contributed by atoms with E-state index in [1.807, 2.05) is 0 Å². The monoisotopic (exact) mass is 294 g/mol. The van der Waals surface area contributed by atoms with Crippen molar-refractivity contribution in [2.45, 2.75) is 26.1 Å². The lowest BCUT2D eigenvalue weighted by Gasteiger charge is -2.25. The molecule has 0 spiro atoms. The molecule has 0 aliphatic heterocycles. The second-order valence-corrected chi connectivity index (χ2v) is 4.78. The van der Waals surface area contributed by atoms with E-state index in [9.17, 15) is 23.1 Å². The summed E-state index contributed by atoms with van der Waals surface area (Å²) in [6.45, 7) is 3.29. The molecule has 1 N–H and O–H groups in total. The van der Waals surface area contributed by atoms with E-state index in [1.165, 1.54) is 0 Å². The normalized spacial score (nSPS) is 13.4. The van der Waals surface area contributed by atoms with E-state index >= 15 is 0 Å². The van der Waals surface area contributed by atoms with E-state index in [1.54, 1.807) is 13.8 Å². The number of rotatable bonds is 4. The van der Waals surface area contributed by atoms with Gasteiger partial charge in [0.25, 0.3) is 0 Å². The van der Waals surface area contributed by atoms with E-state index in [4.69, 9.17) is 11.6 Å². The van der Waals surface area contributed by atoms with Gasteiger partial charge in [0.2, 0.25) is 0 Å². The molecule has 1 atom stereocenters. The second kappa shape index (κ2) is 5.69. The fourth-order valence-electron chi connectivity index (χ4n) is 1.47. The number of alkyl halides is 3. The fourth-order valence-corrected chi connectivity index (χ4v) is 1.71. The lowest BCUT2D eigenvalue weighted by atomic mass is 10.0. The second-order valence-electron chi connectivity index (χ2n) is 4.38. The smallest absolute Gasteiger partial charge is 0.416 e. The van der Waals surface area contributed by atoms with Gasteiger partial charge in [0.1, 0.15) is 0 Å². The topological polar surface area (TPSA) is 52.2 Å². The molecule has 0 aromatic heterocycles. The van der Waals surface area contributed by atoms with Crippen LogP contribution < -0.4 is 10.4 Å². The van der Waals surface area contributed by atoms with Gasteiger partial charge in [-0.15, -0.1) is 0 Å².